The lowest BCUT2D eigenvalue weighted by molar-refractivity contribution is -0.121. The third-order valence-corrected chi connectivity index (χ3v) is 7.65. The Hall–Kier alpha value is -1.48. The first-order valence-electron chi connectivity index (χ1n) is 10.6. The number of hydrogen-bond acceptors (Lipinski definition) is 5. The van der Waals surface area contributed by atoms with Gasteiger partial charge in [-0.1, -0.05) is 17.7 Å². The second-order valence-electron chi connectivity index (χ2n) is 8.03. The normalized spacial score (nSPS) is 21.8. The minimum absolute atomic E-state index is 0.0526. The second-order valence-corrected chi connectivity index (χ2v) is 9.96. The number of benzene rings is 1. The van der Waals surface area contributed by atoms with Crippen LogP contribution in [0.1, 0.15) is 31.2 Å². The standard InChI is InChI=1S/C21H33N3O4S/c1-18-4-7-20(8-5-18)29(26,27)24-11-2-3-19(17-24)6-9-21(25)22-10-12-23-13-15-28-16-14-23/h4-5,7-8,19H,2-3,6,9-17H2,1H3,(H,22,25). The molecule has 2 fully saturated rings. The van der Waals surface area contributed by atoms with E-state index in [2.05, 4.69) is 10.2 Å². The summed E-state index contributed by atoms with van der Waals surface area (Å²) >= 11 is 0. The summed E-state index contributed by atoms with van der Waals surface area (Å²) in [5.41, 5.74) is 1.04. The van der Waals surface area contributed by atoms with Crippen molar-refractivity contribution in [2.75, 3.05) is 52.5 Å². The number of sulfonamides is 1. The number of hydrogen-bond donors (Lipinski definition) is 1. The van der Waals surface area contributed by atoms with E-state index in [1.165, 1.54) is 0 Å². The Morgan fingerprint density at radius 2 is 1.90 bits per heavy atom. The number of piperidine rings is 1. The van der Waals surface area contributed by atoms with Crippen molar-refractivity contribution in [3.63, 3.8) is 0 Å². The SMILES string of the molecule is Cc1ccc(S(=O)(=O)N2CCCC(CCC(=O)NCCN3CCOCC3)C2)cc1. The average molecular weight is 424 g/mol. The Kier molecular flexibility index (Phi) is 8.06. The molecule has 1 unspecified atom stereocenters. The van der Waals surface area contributed by atoms with Crippen molar-refractivity contribution in [2.24, 2.45) is 5.92 Å². The largest absolute Gasteiger partial charge is 0.379 e. The van der Waals surface area contributed by atoms with Crippen LogP contribution in [-0.4, -0.2) is 76.0 Å². The fourth-order valence-corrected chi connectivity index (χ4v) is 5.50. The highest BCUT2D eigenvalue weighted by molar-refractivity contribution is 7.89. The van der Waals surface area contributed by atoms with Gasteiger partial charge in [0.05, 0.1) is 18.1 Å². The third kappa shape index (κ3) is 6.50. The number of carbonyl (C=O) groups excluding carboxylic acids is 1. The minimum Gasteiger partial charge on any atom is -0.379 e. The Balaban J connectivity index is 1.42. The molecule has 1 aromatic rings. The van der Waals surface area contributed by atoms with E-state index in [1.54, 1.807) is 16.4 Å². The van der Waals surface area contributed by atoms with Gasteiger partial charge in [0.2, 0.25) is 15.9 Å². The van der Waals surface area contributed by atoms with Gasteiger partial charge in [0, 0.05) is 45.7 Å². The number of nitrogens with zero attached hydrogens (tertiary/aromatic N) is 2. The van der Waals surface area contributed by atoms with Gasteiger partial charge in [0.15, 0.2) is 0 Å². The molecule has 1 aromatic carbocycles. The first-order valence-corrected chi connectivity index (χ1v) is 12.0. The van der Waals surface area contributed by atoms with Crippen LogP contribution in [0.4, 0.5) is 0 Å². The monoisotopic (exact) mass is 423 g/mol. The predicted octanol–water partition coefficient (Wildman–Crippen LogP) is 1.62. The van der Waals surface area contributed by atoms with Gasteiger partial charge >= 0.3 is 0 Å². The Morgan fingerprint density at radius 1 is 1.17 bits per heavy atom. The molecule has 0 spiro atoms. The van der Waals surface area contributed by atoms with Crippen molar-refractivity contribution < 1.29 is 17.9 Å². The van der Waals surface area contributed by atoms with Crippen molar-refractivity contribution in [1.82, 2.24) is 14.5 Å². The van der Waals surface area contributed by atoms with Crippen LogP contribution in [0.2, 0.25) is 0 Å². The summed E-state index contributed by atoms with van der Waals surface area (Å²) in [5, 5.41) is 2.99. The molecule has 162 valence electrons. The summed E-state index contributed by atoms with van der Waals surface area (Å²) in [6.07, 6.45) is 2.99. The van der Waals surface area contributed by atoms with Crippen LogP contribution in [0.5, 0.6) is 0 Å². The predicted molar refractivity (Wildman–Crippen MR) is 112 cm³/mol. The Labute approximate surface area is 174 Å². The quantitative estimate of drug-likeness (QED) is 0.688. The van der Waals surface area contributed by atoms with Gasteiger partial charge in [-0.2, -0.15) is 4.31 Å². The summed E-state index contributed by atoms with van der Waals surface area (Å²) in [7, 11) is -3.46. The molecule has 2 aliphatic heterocycles. The number of morpholine rings is 1. The maximum Gasteiger partial charge on any atom is 0.243 e. The molecule has 1 N–H and O–H groups in total. The molecule has 2 aliphatic rings. The first kappa shape index (κ1) is 22.2. The molecule has 0 saturated carbocycles. The molecule has 0 bridgehead atoms. The number of ether oxygens (including phenoxy) is 1. The zero-order valence-corrected chi connectivity index (χ0v) is 18.1. The smallest absolute Gasteiger partial charge is 0.243 e. The van der Waals surface area contributed by atoms with Crippen LogP contribution in [0.25, 0.3) is 0 Å². The number of amides is 1. The van der Waals surface area contributed by atoms with Crippen molar-refractivity contribution in [2.45, 2.75) is 37.5 Å². The number of nitrogens with one attached hydrogen (secondary N) is 1. The maximum atomic E-state index is 12.9. The lowest BCUT2D eigenvalue weighted by atomic mass is 9.94. The summed E-state index contributed by atoms with van der Waals surface area (Å²) < 4.78 is 32.7. The molecule has 3 rings (SSSR count). The molecule has 8 heteroatoms. The zero-order chi connectivity index (χ0) is 20.7. The van der Waals surface area contributed by atoms with Crippen LogP contribution in [0.3, 0.4) is 0 Å². The molecule has 1 amide bonds. The highest BCUT2D eigenvalue weighted by atomic mass is 32.2. The fourth-order valence-electron chi connectivity index (χ4n) is 3.94. The molecule has 2 saturated heterocycles. The van der Waals surface area contributed by atoms with Gasteiger partial charge in [-0.05, 0) is 44.2 Å². The van der Waals surface area contributed by atoms with E-state index in [0.717, 1.165) is 57.7 Å². The van der Waals surface area contributed by atoms with Gasteiger partial charge in [0.1, 0.15) is 0 Å². The van der Waals surface area contributed by atoms with Gasteiger partial charge in [-0.25, -0.2) is 8.42 Å². The van der Waals surface area contributed by atoms with Crippen molar-refractivity contribution in [3.05, 3.63) is 29.8 Å². The molecule has 29 heavy (non-hydrogen) atoms. The first-order chi connectivity index (χ1) is 13.9. The van der Waals surface area contributed by atoms with Gasteiger partial charge in [-0.15, -0.1) is 0 Å². The van der Waals surface area contributed by atoms with Crippen LogP contribution < -0.4 is 5.32 Å². The van der Waals surface area contributed by atoms with Crippen LogP contribution in [0, 0.1) is 12.8 Å². The van der Waals surface area contributed by atoms with E-state index in [4.69, 9.17) is 4.74 Å². The van der Waals surface area contributed by atoms with Crippen molar-refractivity contribution in [1.29, 1.82) is 0 Å². The highest BCUT2D eigenvalue weighted by Crippen LogP contribution is 2.26. The highest BCUT2D eigenvalue weighted by Gasteiger charge is 2.30. The lowest BCUT2D eigenvalue weighted by Gasteiger charge is -2.32. The average Bonchev–Trinajstić information content (AvgIpc) is 2.73. The molecular formula is C21H33N3O4S. The van der Waals surface area contributed by atoms with Gasteiger partial charge in [0.25, 0.3) is 0 Å². The van der Waals surface area contributed by atoms with E-state index in [1.807, 2.05) is 19.1 Å². The van der Waals surface area contributed by atoms with Crippen LogP contribution in [0.15, 0.2) is 29.2 Å². The van der Waals surface area contributed by atoms with Crippen molar-refractivity contribution >= 4 is 15.9 Å². The number of aryl methyl sites for hydroxylation is 1. The second kappa shape index (κ2) is 10.5. The molecule has 2 heterocycles. The summed E-state index contributed by atoms with van der Waals surface area (Å²) in [6.45, 7) is 7.86. The molecule has 7 nitrogen and oxygen atoms in total. The summed E-state index contributed by atoms with van der Waals surface area (Å²) in [6, 6.07) is 7.01. The number of carbonyl (C=O) groups is 1. The van der Waals surface area contributed by atoms with E-state index in [-0.39, 0.29) is 11.8 Å². The van der Waals surface area contributed by atoms with Crippen LogP contribution in [-0.2, 0) is 19.6 Å². The Bertz CT molecular complexity index is 761. The van der Waals surface area contributed by atoms with E-state index >= 15 is 0 Å². The third-order valence-electron chi connectivity index (χ3n) is 5.77. The summed E-state index contributed by atoms with van der Waals surface area (Å²) in [5.74, 6) is 0.283. The molecule has 0 aliphatic carbocycles. The van der Waals surface area contributed by atoms with E-state index in [0.29, 0.717) is 31.0 Å². The van der Waals surface area contributed by atoms with Gasteiger partial charge in [-0.3, -0.25) is 9.69 Å². The zero-order valence-electron chi connectivity index (χ0n) is 17.3. The number of rotatable bonds is 8. The molecular weight excluding hydrogens is 390 g/mol. The maximum absolute atomic E-state index is 12.9. The molecule has 1 atom stereocenters. The Morgan fingerprint density at radius 3 is 2.62 bits per heavy atom. The topological polar surface area (TPSA) is 79.0 Å². The lowest BCUT2D eigenvalue weighted by Crippen LogP contribution is -2.42. The van der Waals surface area contributed by atoms with E-state index in [9.17, 15) is 13.2 Å². The minimum atomic E-state index is -3.46. The van der Waals surface area contributed by atoms with E-state index < -0.39 is 10.0 Å². The molecule has 0 aromatic heterocycles. The summed E-state index contributed by atoms with van der Waals surface area (Å²) in [4.78, 5) is 14.8. The fraction of sp³-hybridized carbons (Fsp3) is 0.667. The van der Waals surface area contributed by atoms with Gasteiger partial charge < -0.3 is 10.1 Å². The van der Waals surface area contributed by atoms with Crippen LogP contribution >= 0.6 is 0 Å². The molecule has 0 radical (unpaired) electrons. The van der Waals surface area contributed by atoms with Crippen molar-refractivity contribution in [3.8, 4) is 0 Å².